The molecule has 0 aliphatic carbocycles. The van der Waals surface area contributed by atoms with Gasteiger partial charge in [0.2, 0.25) is 0 Å². The molecule has 11 heteroatoms. The fourth-order valence-electron chi connectivity index (χ4n) is 2.54. The number of thioether (sulfide) groups is 1. The van der Waals surface area contributed by atoms with Crippen LogP contribution in [0.5, 0.6) is 0 Å². The Labute approximate surface area is 192 Å². The predicted octanol–water partition coefficient (Wildman–Crippen LogP) is 3.07. The van der Waals surface area contributed by atoms with E-state index < -0.39 is 23.7 Å². The summed E-state index contributed by atoms with van der Waals surface area (Å²) in [5.74, 6) is -2.06. The maximum absolute atomic E-state index is 13.0. The van der Waals surface area contributed by atoms with Crippen molar-refractivity contribution in [2.24, 2.45) is 0 Å². The van der Waals surface area contributed by atoms with E-state index in [0.29, 0.717) is 16.8 Å². The minimum Gasteiger partial charge on any atom is -0.465 e. The fraction of sp³-hybridized carbons (Fsp3) is 0.136. The number of aromatic nitrogens is 2. The minimum atomic E-state index is -0.548. The number of methoxy groups -OCH3 is 1. The summed E-state index contributed by atoms with van der Waals surface area (Å²) in [5, 5.41) is 2.77. The highest BCUT2D eigenvalue weighted by Crippen LogP contribution is 2.18. The molecular formula is C22H19FN4O5S. The number of nitrogen functional groups attached to an aromatic ring is 1. The number of anilines is 2. The molecule has 3 rings (SSSR count). The molecule has 0 unspecified atom stereocenters. The molecule has 0 radical (unpaired) electrons. The van der Waals surface area contributed by atoms with Crippen molar-refractivity contribution >= 4 is 41.1 Å². The van der Waals surface area contributed by atoms with E-state index in [9.17, 15) is 18.8 Å². The van der Waals surface area contributed by atoms with Crippen molar-refractivity contribution < 1.29 is 28.2 Å². The summed E-state index contributed by atoms with van der Waals surface area (Å²) in [6.07, 6.45) is 1.25. The number of hydrogen-bond acceptors (Lipinski definition) is 9. The van der Waals surface area contributed by atoms with Gasteiger partial charge >= 0.3 is 11.9 Å². The van der Waals surface area contributed by atoms with Crippen molar-refractivity contribution in [1.82, 2.24) is 9.97 Å². The molecule has 33 heavy (non-hydrogen) atoms. The zero-order valence-corrected chi connectivity index (χ0v) is 18.2. The Morgan fingerprint density at radius 2 is 1.79 bits per heavy atom. The summed E-state index contributed by atoms with van der Waals surface area (Å²) in [7, 11) is 1.29. The summed E-state index contributed by atoms with van der Waals surface area (Å²) in [6, 6.07) is 11.7. The predicted molar refractivity (Wildman–Crippen MR) is 119 cm³/mol. The molecule has 2 aromatic carbocycles. The third-order valence-electron chi connectivity index (χ3n) is 4.24. The number of ether oxygens (including phenoxy) is 2. The molecule has 3 aromatic rings. The largest absolute Gasteiger partial charge is 0.465 e. The lowest BCUT2D eigenvalue weighted by atomic mass is 10.1. The zero-order valence-electron chi connectivity index (χ0n) is 17.4. The number of nitrogens with zero attached hydrogens (tertiary/aromatic N) is 2. The number of carbonyl (C=O) groups is 3. The molecule has 0 atom stereocenters. The van der Waals surface area contributed by atoms with E-state index in [1.807, 2.05) is 0 Å². The second-order valence-corrected chi connectivity index (χ2v) is 7.49. The highest BCUT2D eigenvalue weighted by atomic mass is 32.2. The third kappa shape index (κ3) is 6.74. The Morgan fingerprint density at radius 3 is 2.42 bits per heavy atom. The van der Waals surface area contributed by atoms with Gasteiger partial charge in [0, 0.05) is 11.9 Å². The monoisotopic (exact) mass is 470 g/mol. The van der Waals surface area contributed by atoms with Gasteiger partial charge in [0.05, 0.1) is 18.4 Å². The summed E-state index contributed by atoms with van der Waals surface area (Å²) < 4.78 is 22.8. The van der Waals surface area contributed by atoms with Gasteiger partial charge in [0.15, 0.2) is 5.16 Å². The SMILES string of the molecule is COC(=O)c1ccc(COC(=O)CSc2ncc(C(=O)Nc3ccc(F)cc3)c(N)n2)cc1. The fourth-order valence-corrected chi connectivity index (χ4v) is 3.16. The lowest BCUT2D eigenvalue weighted by Crippen LogP contribution is -2.16. The summed E-state index contributed by atoms with van der Waals surface area (Å²) in [6.45, 7) is 0.0341. The quantitative estimate of drug-likeness (QED) is 0.289. The molecule has 170 valence electrons. The minimum absolute atomic E-state index is 0.0341. The Kier molecular flexibility index (Phi) is 7.92. The standard InChI is InChI=1S/C22H19FN4O5S/c1-31-21(30)14-4-2-13(3-5-14)11-32-18(28)12-33-22-25-10-17(19(24)27-22)20(29)26-16-8-6-15(23)7-9-16/h2-10H,11-12H2,1H3,(H,26,29)(H2,24,25,27). The molecule has 3 N–H and O–H groups in total. The maximum Gasteiger partial charge on any atom is 0.337 e. The Hall–Kier alpha value is -3.99. The average molecular weight is 470 g/mol. The van der Waals surface area contributed by atoms with Crippen molar-refractivity contribution in [3.8, 4) is 0 Å². The van der Waals surface area contributed by atoms with Crippen LogP contribution in [0, 0.1) is 5.82 Å². The molecule has 1 aromatic heterocycles. The molecule has 0 aliphatic heterocycles. The number of benzene rings is 2. The topological polar surface area (TPSA) is 134 Å². The van der Waals surface area contributed by atoms with Gasteiger partial charge in [-0.05, 0) is 42.0 Å². The van der Waals surface area contributed by atoms with E-state index in [4.69, 9.17) is 10.5 Å². The number of hydrogen-bond donors (Lipinski definition) is 2. The second-order valence-electron chi connectivity index (χ2n) is 6.55. The lowest BCUT2D eigenvalue weighted by Gasteiger charge is -2.08. The smallest absolute Gasteiger partial charge is 0.337 e. The van der Waals surface area contributed by atoms with Crippen LogP contribution in [0.1, 0.15) is 26.3 Å². The van der Waals surface area contributed by atoms with Gasteiger partial charge in [-0.25, -0.2) is 19.2 Å². The van der Waals surface area contributed by atoms with Gasteiger partial charge in [-0.15, -0.1) is 0 Å². The average Bonchev–Trinajstić information content (AvgIpc) is 2.82. The van der Waals surface area contributed by atoms with Crippen molar-refractivity contribution in [1.29, 1.82) is 0 Å². The van der Waals surface area contributed by atoms with Crippen LogP contribution in [0.2, 0.25) is 0 Å². The summed E-state index contributed by atoms with van der Waals surface area (Å²) in [4.78, 5) is 43.8. The summed E-state index contributed by atoms with van der Waals surface area (Å²) >= 11 is 1.00. The van der Waals surface area contributed by atoms with Gasteiger partial charge in [-0.2, -0.15) is 0 Å². The Morgan fingerprint density at radius 1 is 1.09 bits per heavy atom. The molecule has 9 nitrogen and oxygen atoms in total. The van der Waals surface area contributed by atoms with E-state index in [2.05, 4.69) is 20.0 Å². The molecule has 0 spiro atoms. The highest BCUT2D eigenvalue weighted by molar-refractivity contribution is 7.99. The number of carbonyl (C=O) groups excluding carboxylic acids is 3. The van der Waals surface area contributed by atoms with Crippen LogP contribution in [0.3, 0.4) is 0 Å². The number of nitrogens with two attached hydrogens (primary N) is 1. The summed E-state index contributed by atoms with van der Waals surface area (Å²) in [5.41, 5.74) is 7.39. The first-order chi connectivity index (χ1) is 15.9. The Balaban J connectivity index is 1.49. The van der Waals surface area contributed by atoms with Crippen LogP contribution in [-0.2, 0) is 20.9 Å². The molecule has 0 aliphatic rings. The number of nitrogens with one attached hydrogen (secondary N) is 1. The number of rotatable bonds is 8. The lowest BCUT2D eigenvalue weighted by molar-refractivity contribution is -0.141. The van der Waals surface area contributed by atoms with E-state index in [1.54, 1.807) is 24.3 Å². The van der Waals surface area contributed by atoms with Crippen LogP contribution in [0.4, 0.5) is 15.9 Å². The van der Waals surface area contributed by atoms with E-state index in [-0.39, 0.29) is 28.9 Å². The first-order valence-electron chi connectivity index (χ1n) is 9.51. The van der Waals surface area contributed by atoms with Gasteiger partial charge < -0.3 is 20.5 Å². The molecule has 0 saturated heterocycles. The van der Waals surface area contributed by atoms with E-state index in [0.717, 1.165) is 11.8 Å². The van der Waals surface area contributed by atoms with E-state index in [1.165, 1.54) is 37.6 Å². The molecule has 0 bridgehead atoms. The second kappa shape index (κ2) is 11.0. The number of halogens is 1. The molecular weight excluding hydrogens is 451 g/mol. The van der Waals surface area contributed by atoms with Gasteiger partial charge in [-0.3, -0.25) is 9.59 Å². The highest BCUT2D eigenvalue weighted by Gasteiger charge is 2.15. The number of amides is 1. The molecule has 1 heterocycles. The van der Waals surface area contributed by atoms with Crippen LogP contribution >= 0.6 is 11.8 Å². The Bertz CT molecular complexity index is 1160. The number of esters is 2. The molecule has 0 fully saturated rings. The van der Waals surface area contributed by atoms with Crippen LogP contribution in [0.15, 0.2) is 59.9 Å². The van der Waals surface area contributed by atoms with Crippen molar-refractivity contribution in [3.63, 3.8) is 0 Å². The van der Waals surface area contributed by atoms with Gasteiger partial charge in [0.1, 0.15) is 23.8 Å². The van der Waals surface area contributed by atoms with E-state index >= 15 is 0 Å². The molecule has 1 amide bonds. The van der Waals surface area contributed by atoms with Crippen LogP contribution < -0.4 is 11.1 Å². The first kappa shape index (κ1) is 23.7. The van der Waals surface area contributed by atoms with Crippen LogP contribution in [0.25, 0.3) is 0 Å². The van der Waals surface area contributed by atoms with Gasteiger partial charge in [0.25, 0.3) is 5.91 Å². The first-order valence-corrected chi connectivity index (χ1v) is 10.5. The normalized spacial score (nSPS) is 10.4. The zero-order chi connectivity index (χ0) is 23.8. The van der Waals surface area contributed by atoms with Crippen LogP contribution in [-0.4, -0.2) is 40.7 Å². The maximum atomic E-state index is 13.0. The van der Waals surface area contributed by atoms with Crippen molar-refractivity contribution in [2.75, 3.05) is 23.9 Å². The van der Waals surface area contributed by atoms with Crippen molar-refractivity contribution in [3.05, 3.63) is 77.2 Å². The van der Waals surface area contributed by atoms with Crippen molar-refractivity contribution in [2.45, 2.75) is 11.8 Å². The van der Waals surface area contributed by atoms with Gasteiger partial charge in [-0.1, -0.05) is 23.9 Å². The molecule has 0 saturated carbocycles. The third-order valence-corrected chi connectivity index (χ3v) is 5.07.